The number of hydrogen-bond acceptors (Lipinski definition) is 4. The van der Waals surface area contributed by atoms with E-state index in [-0.39, 0.29) is 0 Å². The summed E-state index contributed by atoms with van der Waals surface area (Å²) in [6.07, 6.45) is 4.67. The molecule has 27 heavy (non-hydrogen) atoms. The number of hydrogen-bond donors (Lipinski definition) is 0. The third-order valence-corrected chi connectivity index (χ3v) is 7.17. The molecule has 0 aliphatic carbocycles. The average molecular weight is 400 g/mol. The van der Waals surface area contributed by atoms with Crippen molar-refractivity contribution in [3.05, 3.63) is 39.5 Å². The van der Waals surface area contributed by atoms with Crippen molar-refractivity contribution in [2.75, 3.05) is 11.4 Å². The summed E-state index contributed by atoms with van der Waals surface area (Å²) in [5.41, 5.74) is 5.19. The van der Waals surface area contributed by atoms with Crippen molar-refractivity contribution in [2.45, 2.75) is 59.4 Å². The number of nitrogens with zero attached hydrogens (tertiary/aromatic N) is 3. The van der Waals surface area contributed by atoms with Gasteiger partial charge in [-0.1, -0.05) is 25.1 Å². The number of aryl methyl sites for hydroxylation is 3. The van der Waals surface area contributed by atoms with E-state index in [1.165, 1.54) is 51.8 Å². The molecule has 2 aromatic heterocycles. The summed E-state index contributed by atoms with van der Waals surface area (Å²) >= 11 is 8.11. The van der Waals surface area contributed by atoms with E-state index in [2.05, 4.69) is 55.8 Å². The van der Waals surface area contributed by atoms with Gasteiger partial charge in [0, 0.05) is 23.0 Å². The fourth-order valence-electron chi connectivity index (χ4n) is 4.08. The van der Waals surface area contributed by atoms with Gasteiger partial charge in [0.05, 0.1) is 5.39 Å². The van der Waals surface area contributed by atoms with Crippen LogP contribution in [0.1, 0.15) is 49.1 Å². The fourth-order valence-corrected chi connectivity index (χ4v) is 5.42. The van der Waals surface area contributed by atoms with E-state index in [0.717, 1.165) is 23.6 Å². The highest BCUT2D eigenvalue weighted by Crippen LogP contribution is 2.44. The molecule has 1 atom stereocenters. The normalized spacial score (nSPS) is 17.7. The number of halogens is 1. The van der Waals surface area contributed by atoms with Gasteiger partial charge in [0.15, 0.2) is 0 Å². The highest BCUT2D eigenvalue weighted by Gasteiger charge is 2.26. The van der Waals surface area contributed by atoms with Gasteiger partial charge in [0.2, 0.25) is 5.28 Å². The first-order chi connectivity index (χ1) is 13.0. The van der Waals surface area contributed by atoms with Crippen LogP contribution in [-0.4, -0.2) is 22.6 Å². The van der Waals surface area contributed by atoms with Gasteiger partial charge in [-0.15, -0.1) is 11.3 Å². The molecule has 3 heterocycles. The van der Waals surface area contributed by atoms with Crippen LogP contribution in [0.25, 0.3) is 21.3 Å². The number of benzene rings is 1. The van der Waals surface area contributed by atoms with Crippen LogP contribution in [0.3, 0.4) is 0 Å². The Morgan fingerprint density at radius 1 is 1.19 bits per heavy atom. The van der Waals surface area contributed by atoms with Crippen LogP contribution in [0.15, 0.2) is 18.2 Å². The van der Waals surface area contributed by atoms with Crippen LogP contribution in [0.5, 0.6) is 0 Å². The molecular formula is C22H26ClN3S. The van der Waals surface area contributed by atoms with E-state index in [1.807, 2.05) is 0 Å². The Hall–Kier alpha value is -1.65. The van der Waals surface area contributed by atoms with Crippen molar-refractivity contribution in [3.8, 4) is 11.1 Å². The lowest BCUT2D eigenvalue weighted by Gasteiger charge is -2.35. The highest BCUT2D eigenvalue weighted by molar-refractivity contribution is 7.19. The van der Waals surface area contributed by atoms with Crippen molar-refractivity contribution in [3.63, 3.8) is 0 Å². The second-order valence-electron chi connectivity index (χ2n) is 7.59. The molecule has 3 aromatic rings. The molecule has 1 aliphatic heterocycles. The maximum atomic E-state index is 6.35. The van der Waals surface area contributed by atoms with Crippen LogP contribution in [0, 0.1) is 13.8 Å². The Morgan fingerprint density at radius 2 is 2.00 bits per heavy atom. The van der Waals surface area contributed by atoms with Gasteiger partial charge in [-0.2, -0.15) is 4.98 Å². The molecular weight excluding hydrogens is 374 g/mol. The topological polar surface area (TPSA) is 29.0 Å². The molecule has 0 radical (unpaired) electrons. The molecule has 0 saturated carbocycles. The Bertz CT molecular complexity index is 995. The number of fused-ring (bicyclic) bond motifs is 1. The fraction of sp³-hybridized carbons (Fsp3) is 0.455. The SMILES string of the molecule is CCc1sc2nc(Cl)nc(N3CCCCC3C)c2c1-c1ccc(C)c(C)c1. The van der Waals surface area contributed by atoms with Gasteiger partial charge in [-0.25, -0.2) is 4.98 Å². The second-order valence-corrected chi connectivity index (χ2v) is 9.01. The number of thiophene rings is 1. The molecule has 1 aliphatic rings. The van der Waals surface area contributed by atoms with Gasteiger partial charge in [0.25, 0.3) is 0 Å². The monoisotopic (exact) mass is 399 g/mol. The minimum atomic E-state index is 0.353. The Morgan fingerprint density at radius 3 is 2.70 bits per heavy atom. The van der Waals surface area contributed by atoms with E-state index in [1.54, 1.807) is 11.3 Å². The van der Waals surface area contributed by atoms with Crippen LogP contribution < -0.4 is 4.90 Å². The summed E-state index contributed by atoms with van der Waals surface area (Å²) in [6, 6.07) is 7.23. The van der Waals surface area contributed by atoms with Gasteiger partial charge in [0.1, 0.15) is 10.6 Å². The molecule has 1 aromatic carbocycles. The average Bonchev–Trinajstić information content (AvgIpc) is 3.02. The lowest BCUT2D eigenvalue weighted by molar-refractivity contribution is 0.482. The second kappa shape index (κ2) is 7.40. The molecule has 1 fully saturated rings. The maximum absolute atomic E-state index is 6.35. The molecule has 0 amide bonds. The quantitative estimate of drug-likeness (QED) is 0.466. The van der Waals surface area contributed by atoms with Gasteiger partial charge < -0.3 is 4.90 Å². The molecule has 0 N–H and O–H groups in total. The molecule has 3 nitrogen and oxygen atoms in total. The Balaban J connectivity index is 2.01. The Kier molecular flexibility index (Phi) is 5.13. The minimum absolute atomic E-state index is 0.353. The third-order valence-electron chi connectivity index (χ3n) is 5.77. The lowest BCUT2D eigenvalue weighted by atomic mass is 9.97. The number of piperidine rings is 1. The zero-order chi connectivity index (χ0) is 19.1. The van der Waals surface area contributed by atoms with Crippen LogP contribution in [0.4, 0.5) is 5.82 Å². The van der Waals surface area contributed by atoms with Crippen molar-refractivity contribution in [2.24, 2.45) is 0 Å². The molecule has 1 saturated heterocycles. The van der Waals surface area contributed by atoms with Crippen LogP contribution in [-0.2, 0) is 6.42 Å². The van der Waals surface area contributed by atoms with Crippen molar-refractivity contribution in [1.82, 2.24) is 9.97 Å². The predicted molar refractivity (Wildman–Crippen MR) is 117 cm³/mol. The standard InChI is InChI=1S/C22H26ClN3S/c1-5-17-18(16-10-9-13(2)14(3)12-16)19-20(24-22(23)25-21(19)27-17)26-11-7-6-8-15(26)4/h9-10,12,15H,5-8,11H2,1-4H3. The number of rotatable bonds is 3. The summed E-state index contributed by atoms with van der Waals surface area (Å²) in [6.45, 7) is 9.89. The highest BCUT2D eigenvalue weighted by atomic mass is 35.5. The van der Waals surface area contributed by atoms with Crippen molar-refractivity contribution < 1.29 is 0 Å². The molecule has 1 unspecified atom stereocenters. The van der Waals surface area contributed by atoms with E-state index in [9.17, 15) is 0 Å². The summed E-state index contributed by atoms with van der Waals surface area (Å²) in [5.74, 6) is 1.02. The van der Waals surface area contributed by atoms with E-state index >= 15 is 0 Å². The first-order valence-electron chi connectivity index (χ1n) is 9.82. The number of aromatic nitrogens is 2. The first-order valence-corrected chi connectivity index (χ1v) is 11.0. The summed E-state index contributed by atoms with van der Waals surface area (Å²) in [7, 11) is 0. The predicted octanol–water partition coefficient (Wildman–Crippen LogP) is 6.57. The minimum Gasteiger partial charge on any atom is -0.353 e. The molecule has 5 heteroatoms. The van der Waals surface area contributed by atoms with Gasteiger partial charge in [-0.05, 0) is 74.7 Å². The molecule has 0 spiro atoms. The first kappa shape index (κ1) is 18.7. The zero-order valence-corrected chi connectivity index (χ0v) is 18.0. The van der Waals surface area contributed by atoms with Crippen molar-refractivity contribution >= 4 is 39.0 Å². The Labute approximate surface area is 170 Å². The van der Waals surface area contributed by atoms with Gasteiger partial charge >= 0.3 is 0 Å². The van der Waals surface area contributed by atoms with E-state index < -0.39 is 0 Å². The van der Waals surface area contributed by atoms with Crippen LogP contribution in [0.2, 0.25) is 5.28 Å². The van der Waals surface area contributed by atoms with Gasteiger partial charge in [-0.3, -0.25) is 0 Å². The maximum Gasteiger partial charge on any atom is 0.225 e. The molecule has 142 valence electrons. The van der Waals surface area contributed by atoms with Crippen molar-refractivity contribution in [1.29, 1.82) is 0 Å². The summed E-state index contributed by atoms with van der Waals surface area (Å²) in [4.78, 5) is 14.1. The van der Waals surface area contributed by atoms with Crippen LogP contribution >= 0.6 is 22.9 Å². The summed E-state index contributed by atoms with van der Waals surface area (Å²) in [5, 5.41) is 1.53. The molecule has 0 bridgehead atoms. The largest absolute Gasteiger partial charge is 0.353 e. The van der Waals surface area contributed by atoms with E-state index in [0.29, 0.717) is 11.3 Å². The smallest absolute Gasteiger partial charge is 0.225 e. The number of anilines is 1. The third kappa shape index (κ3) is 3.34. The van der Waals surface area contributed by atoms with E-state index in [4.69, 9.17) is 16.6 Å². The zero-order valence-electron chi connectivity index (χ0n) is 16.5. The summed E-state index contributed by atoms with van der Waals surface area (Å²) < 4.78 is 0. The lowest BCUT2D eigenvalue weighted by Crippen LogP contribution is -2.38. The molecule has 4 rings (SSSR count).